The second kappa shape index (κ2) is 6.93. The zero-order valence-corrected chi connectivity index (χ0v) is 11.4. The first kappa shape index (κ1) is 12.8. The van der Waals surface area contributed by atoms with Crippen molar-refractivity contribution in [3.05, 3.63) is 52.4 Å². The van der Waals surface area contributed by atoms with E-state index in [4.69, 9.17) is 11.6 Å². The molecule has 0 saturated heterocycles. The van der Waals surface area contributed by atoms with Crippen LogP contribution in [-0.2, 0) is 0 Å². The zero-order chi connectivity index (χ0) is 11.9. The van der Waals surface area contributed by atoms with E-state index in [1.807, 2.05) is 6.07 Å². The molecule has 1 aliphatic rings. The summed E-state index contributed by atoms with van der Waals surface area (Å²) in [5.74, 6) is 0. The van der Waals surface area contributed by atoms with Crippen molar-refractivity contribution in [1.82, 2.24) is 0 Å². The molecule has 1 aromatic rings. The molecule has 0 aromatic heterocycles. The zero-order valence-electron chi connectivity index (χ0n) is 9.86. The van der Waals surface area contributed by atoms with E-state index in [-0.39, 0.29) is 0 Å². The standard InChI is InChI=1S/C15H17ClS/c16-14-11-7-2-1-3-8-12-15(14)17-13-9-5-4-6-10-13/h4-6,9-12H,1-3,7-8H2. The van der Waals surface area contributed by atoms with Crippen LogP contribution in [0.3, 0.4) is 0 Å². The summed E-state index contributed by atoms with van der Waals surface area (Å²) < 4.78 is 0. The topological polar surface area (TPSA) is 0 Å². The lowest BCUT2D eigenvalue weighted by atomic mass is 10.1. The molecular weight excluding hydrogens is 248 g/mol. The summed E-state index contributed by atoms with van der Waals surface area (Å²) >= 11 is 8.12. The fourth-order valence-corrected chi connectivity index (χ4v) is 3.06. The Bertz CT molecular complexity index is 406. The summed E-state index contributed by atoms with van der Waals surface area (Å²) in [7, 11) is 0. The molecule has 0 saturated carbocycles. The van der Waals surface area contributed by atoms with Crippen LogP contribution in [0.2, 0.25) is 0 Å². The first-order chi connectivity index (χ1) is 8.36. The van der Waals surface area contributed by atoms with Gasteiger partial charge < -0.3 is 0 Å². The monoisotopic (exact) mass is 264 g/mol. The normalized spacial score (nSPS) is 17.5. The lowest BCUT2D eigenvalue weighted by molar-refractivity contribution is 0.698. The molecular formula is C15H17ClS. The fraction of sp³-hybridized carbons (Fsp3) is 0.333. The van der Waals surface area contributed by atoms with Crippen molar-refractivity contribution in [3.63, 3.8) is 0 Å². The summed E-state index contributed by atoms with van der Waals surface area (Å²) in [4.78, 5) is 2.46. The van der Waals surface area contributed by atoms with Gasteiger partial charge in [-0.2, -0.15) is 0 Å². The first-order valence-electron chi connectivity index (χ1n) is 6.15. The van der Waals surface area contributed by atoms with Gasteiger partial charge in [0.1, 0.15) is 0 Å². The van der Waals surface area contributed by atoms with E-state index in [1.54, 1.807) is 11.8 Å². The van der Waals surface area contributed by atoms with Crippen molar-refractivity contribution >= 4 is 23.4 Å². The lowest BCUT2D eigenvalue weighted by Crippen LogP contribution is -1.79. The number of thioether (sulfide) groups is 1. The predicted octanol–water partition coefficient (Wildman–Crippen LogP) is 5.75. The number of allylic oxidation sites excluding steroid dienone is 3. The molecule has 0 radical (unpaired) electrons. The van der Waals surface area contributed by atoms with Crippen LogP contribution in [0, 0.1) is 0 Å². The van der Waals surface area contributed by atoms with E-state index in [1.165, 1.54) is 29.1 Å². The minimum absolute atomic E-state index is 0.917. The van der Waals surface area contributed by atoms with Gasteiger partial charge in [-0.3, -0.25) is 0 Å². The molecule has 0 heterocycles. The third-order valence-electron chi connectivity index (χ3n) is 2.77. The van der Waals surface area contributed by atoms with Gasteiger partial charge in [0.2, 0.25) is 0 Å². The van der Waals surface area contributed by atoms with Gasteiger partial charge in [-0.05, 0) is 37.8 Å². The minimum atomic E-state index is 0.917. The van der Waals surface area contributed by atoms with Gasteiger partial charge >= 0.3 is 0 Å². The summed E-state index contributed by atoms with van der Waals surface area (Å²) in [6.45, 7) is 0. The molecule has 1 aromatic carbocycles. The summed E-state index contributed by atoms with van der Waals surface area (Å²) in [5.41, 5.74) is 0. The summed E-state index contributed by atoms with van der Waals surface area (Å²) in [5, 5.41) is 0.917. The Balaban J connectivity index is 2.13. The Kier molecular flexibility index (Phi) is 5.21. The quantitative estimate of drug-likeness (QED) is 0.655. The van der Waals surface area contributed by atoms with Crippen LogP contribution >= 0.6 is 23.4 Å². The van der Waals surface area contributed by atoms with Crippen LogP contribution in [0.15, 0.2) is 57.3 Å². The smallest absolute Gasteiger partial charge is 0.0502 e. The van der Waals surface area contributed by atoms with Gasteiger partial charge in [0.05, 0.1) is 5.03 Å². The van der Waals surface area contributed by atoms with E-state index >= 15 is 0 Å². The SMILES string of the molecule is ClC1=CCCCCCC=C1Sc1ccccc1. The molecule has 0 amide bonds. The summed E-state index contributed by atoms with van der Waals surface area (Å²) in [6.07, 6.45) is 10.5. The largest absolute Gasteiger partial charge is 0.0889 e. The second-order valence-corrected chi connectivity index (χ2v) is 5.70. The van der Waals surface area contributed by atoms with Crippen molar-refractivity contribution in [2.45, 2.75) is 37.0 Å². The highest BCUT2D eigenvalue weighted by molar-refractivity contribution is 8.03. The van der Waals surface area contributed by atoms with Crippen molar-refractivity contribution in [1.29, 1.82) is 0 Å². The molecule has 0 unspecified atom stereocenters. The molecule has 90 valence electrons. The van der Waals surface area contributed by atoms with E-state index in [9.17, 15) is 0 Å². The molecule has 1 aliphatic carbocycles. The highest BCUT2D eigenvalue weighted by atomic mass is 35.5. The maximum absolute atomic E-state index is 6.35. The lowest BCUT2D eigenvalue weighted by Gasteiger charge is -2.06. The third kappa shape index (κ3) is 4.25. The number of hydrogen-bond acceptors (Lipinski definition) is 1. The Labute approximate surface area is 113 Å². The van der Waals surface area contributed by atoms with Gasteiger partial charge in [0.25, 0.3) is 0 Å². The maximum Gasteiger partial charge on any atom is 0.0502 e. The van der Waals surface area contributed by atoms with E-state index < -0.39 is 0 Å². The Morgan fingerprint density at radius 2 is 1.59 bits per heavy atom. The van der Waals surface area contributed by atoms with Crippen LogP contribution in [0.4, 0.5) is 0 Å². The molecule has 2 heteroatoms. The van der Waals surface area contributed by atoms with Crippen molar-refractivity contribution in [2.24, 2.45) is 0 Å². The van der Waals surface area contributed by atoms with Gasteiger partial charge in [-0.15, -0.1) is 0 Å². The van der Waals surface area contributed by atoms with E-state index in [2.05, 4.69) is 36.4 Å². The Hall–Kier alpha value is -0.660. The van der Waals surface area contributed by atoms with Crippen LogP contribution in [0.25, 0.3) is 0 Å². The molecule has 0 nitrogen and oxygen atoms in total. The van der Waals surface area contributed by atoms with E-state index in [0.717, 1.165) is 17.9 Å². The molecule has 2 rings (SSSR count). The van der Waals surface area contributed by atoms with Crippen LogP contribution in [0.5, 0.6) is 0 Å². The molecule has 0 spiro atoms. The maximum atomic E-state index is 6.35. The molecule has 0 N–H and O–H groups in total. The van der Waals surface area contributed by atoms with Crippen molar-refractivity contribution < 1.29 is 0 Å². The number of rotatable bonds is 2. The molecule has 0 bridgehead atoms. The summed E-state index contributed by atoms with van der Waals surface area (Å²) in [6, 6.07) is 10.4. The van der Waals surface area contributed by atoms with Crippen LogP contribution in [0.1, 0.15) is 32.1 Å². The fourth-order valence-electron chi connectivity index (χ4n) is 1.83. The highest BCUT2D eigenvalue weighted by Gasteiger charge is 2.06. The number of benzene rings is 1. The van der Waals surface area contributed by atoms with Gasteiger partial charge in [-0.25, -0.2) is 0 Å². The van der Waals surface area contributed by atoms with Crippen LogP contribution in [-0.4, -0.2) is 0 Å². The van der Waals surface area contributed by atoms with Gasteiger partial charge in [0.15, 0.2) is 0 Å². The molecule has 0 fully saturated rings. The Morgan fingerprint density at radius 1 is 0.882 bits per heavy atom. The van der Waals surface area contributed by atoms with Crippen molar-refractivity contribution in [2.75, 3.05) is 0 Å². The van der Waals surface area contributed by atoms with Gasteiger partial charge in [0, 0.05) is 9.80 Å². The molecule has 0 atom stereocenters. The molecule has 0 aliphatic heterocycles. The minimum Gasteiger partial charge on any atom is -0.0889 e. The third-order valence-corrected chi connectivity index (χ3v) is 4.35. The number of hydrogen-bond donors (Lipinski definition) is 0. The van der Waals surface area contributed by atoms with Crippen molar-refractivity contribution in [3.8, 4) is 0 Å². The first-order valence-corrected chi connectivity index (χ1v) is 7.35. The van der Waals surface area contributed by atoms with Crippen LogP contribution < -0.4 is 0 Å². The highest BCUT2D eigenvalue weighted by Crippen LogP contribution is 2.35. The Morgan fingerprint density at radius 3 is 2.35 bits per heavy atom. The second-order valence-electron chi connectivity index (χ2n) is 4.17. The predicted molar refractivity (Wildman–Crippen MR) is 77.4 cm³/mol. The average Bonchev–Trinajstić information content (AvgIpc) is 2.45. The average molecular weight is 265 g/mol. The van der Waals surface area contributed by atoms with E-state index in [0.29, 0.717) is 0 Å². The molecule has 17 heavy (non-hydrogen) atoms. The van der Waals surface area contributed by atoms with Gasteiger partial charge in [-0.1, -0.05) is 60.1 Å². The number of halogens is 1.